The first-order chi connectivity index (χ1) is 5.93. The van der Waals surface area contributed by atoms with Crippen molar-refractivity contribution in [2.45, 2.75) is 19.4 Å². The summed E-state index contributed by atoms with van der Waals surface area (Å²) in [5.41, 5.74) is 0. The van der Waals surface area contributed by atoms with E-state index in [2.05, 4.69) is 12.2 Å². The lowest BCUT2D eigenvalue weighted by Crippen LogP contribution is -2.48. The molecule has 0 spiro atoms. The molecular weight excluding hydrogens is 188 g/mol. The van der Waals surface area contributed by atoms with Gasteiger partial charge in [0.25, 0.3) is 0 Å². The highest BCUT2D eigenvalue weighted by molar-refractivity contribution is 7.88. The average Bonchev–Trinajstić information content (AvgIpc) is 2.02. The summed E-state index contributed by atoms with van der Waals surface area (Å²) < 4.78 is 24.1. The molecular formula is C8H18N2O2S. The molecule has 1 aliphatic rings. The van der Waals surface area contributed by atoms with Crippen molar-refractivity contribution in [3.05, 3.63) is 0 Å². The van der Waals surface area contributed by atoms with Crippen LogP contribution in [0.1, 0.15) is 13.3 Å². The number of nitrogens with one attached hydrogen (secondary N) is 1. The molecule has 2 atom stereocenters. The van der Waals surface area contributed by atoms with Gasteiger partial charge in [0.15, 0.2) is 0 Å². The van der Waals surface area contributed by atoms with Gasteiger partial charge in [0.2, 0.25) is 10.0 Å². The third kappa shape index (κ3) is 2.65. The van der Waals surface area contributed by atoms with Crippen LogP contribution in [0.5, 0.6) is 0 Å². The van der Waals surface area contributed by atoms with Crippen LogP contribution < -0.4 is 5.32 Å². The molecule has 0 aromatic carbocycles. The molecule has 0 saturated carbocycles. The molecule has 0 radical (unpaired) electrons. The maximum atomic E-state index is 11.3. The Kier molecular flexibility index (Phi) is 3.32. The molecule has 1 fully saturated rings. The van der Waals surface area contributed by atoms with Gasteiger partial charge in [0.1, 0.15) is 0 Å². The van der Waals surface area contributed by atoms with Gasteiger partial charge in [-0.05, 0) is 25.4 Å². The highest BCUT2D eigenvalue weighted by Crippen LogP contribution is 2.18. The number of nitrogens with zero attached hydrogens (tertiary/aromatic N) is 1. The molecule has 1 rings (SSSR count). The summed E-state index contributed by atoms with van der Waals surface area (Å²) in [6, 6.07) is 0.163. The van der Waals surface area contributed by atoms with Crippen LogP contribution in [0.4, 0.5) is 0 Å². The van der Waals surface area contributed by atoms with Gasteiger partial charge in [-0.1, -0.05) is 6.92 Å². The van der Waals surface area contributed by atoms with Gasteiger partial charge in [0, 0.05) is 13.1 Å². The molecule has 0 aliphatic carbocycles. The molecule has 0 aromatic rings. The summed E-state index contributed by atoms with van der Waals surface area (Å²) in [5.74, 6) is 0.397. The molecule has 0 aromatic heterocycles. The Morgan fingerprint density at radius 2 is 2.08 bits per heavy atom. The van der Waals surface area contributed by atoms with Crippen molar-refractivity contribution in [1.82, 2.24) is 9.62 Å². The van der Waals surface area contributed by atoms with Gasteiger partial charge in [-0.3, -0.25) is 0 Å². The van der Waals surface area contributed by atoms with Crippen LogP contribution in [-0.4, -0.2) is 45.2 Å². The summed E-state index contributed by atoms with van der Waals surface area (Å²) in [5, 5.41) is 3.25. The highest BCUT2D eigenvalue weighted by Gasteiger charge is 2.29. The molecule has 1 heterocycles. The van der Waals surface area contributed by atoms with E-state index >= 15 is 0 Å². The zero-order valence-electron chi connectivity index (χ0n) is 8.45. The van der Waals surface area contributed by atoms with E-state index in [1.807, 2.05) is 0 Å². The number of sulfonamides is 1. The van der Waals surface area contributed by atoms with Crippen LogP contribution in [0.3, 0.4) is 0 Å². The molecule has 1 aliphatic heterocycles. The number of rotatable bonds is 2. The zero-order chi connectivity index (χ0) is 10.1. The molecule has 4 nitrogen and oxygen atoms in total. The van der Waals surface area contributed by atoms with Gasteiger partial charge in [-0.15, -0.1) is 0 Å². The summed E-state index contributed by atoms with van der Waals surface area (Å²) in [7, 11) is -1.36. The SMILES string of the molecule is CC1CNCCC1N(C)S(C)(=O)=O. The summed E-state index contributed by atoms with van der Waals surface area (Å²) in [6.45, 7) is 3.90. The average molecular weight is 206 g/mol. The molecule has 1 N–H and O–H groups in total. The van der Waals surface area contributed by atoms with Crippen LogP contribution in [0.15, 0.2) is 0 Å². The molecule has 78 valence electrons. The van der Waals surface area contributed by atoms with Crippen LogP contribution in [0.2, 0.25) is 0 Å². The van der Waals surface area contributed by atoms with Crippen molar-refractivity contribution in [3.8, 4) is 0 Å². The first-order valence-electron chi connectivity index (χ1n) is 4.56. The lowest BCUT2D eigenvalue weighted by atomic mass is 9.96. The van der Waals surface area contributed by atoms with Crippen molar-refractivity contribution < 1.29 is 8.42 Å². The number of hydrogen-bond donors (Lipinski definition) is 1. The van der Waals surface area contributed by atoms with Crippen molar-refractivity contribution in [3.63, 3.8) is 0 Å². The third-order valence-electron chi connectivity index (χ3n) is 2.73. The van der Waals surface area contributed by atoms with Gasteiger partial charge >= 0.3 is 0 Å². The predicted octanol–water partition coefficient (Wildman–Crippen LogP) is -0.124. The van der Waals surface area contributed by atoms with Crippen LogP contribution in [-0.2, 0) is 10.0 Å². The van der Waals surface area contributed by atoms with Crippen molar-refractivity contribution in [2.24, 2.45) is 5.92 Å². The minimum absolute atomic E-state index is 0.163. The normalized spacial score (nSPS) is 30.8. The first-order valence-corrected chi connectivity index (χ1v) is 6.41. The molecule has 1 saturated heterocycles. The van der Waals surface area contributed by atoms with Crippen molar-refractivity contribution in [2.75, 3.05) is 26.4 Å². The minimum atomic E-state index is -3.03. The fourth-order valence-corrected chi connectivity index (χ4v) is 2.59. The van der Waals surface area contributed by atoms with Gasteiger partial charge in [-0.2, -0.15) is 0 Å². The summed E-state index contributed by atoms with van der Waals surface area (Å²) in [6.07, 6.45) is 2.17. The maximum absolute atomic E-state index is 11.3. The van der Waals surface area contributed by atoms with E-state index in [-0.39, 0.29) is 6.04 Å². The van der Waals surface area contributed by atoms with Crippen LogP contribution in [0.25, 0.3) is 0 Å². The predicted molar refractivity (Wildman–Crippen MR) is 53.0 cm³/mol. The fraction of sp³-hybridized carbons (Fsp3) is 1.00. The Balaban J connectivity index is 2.70. The van der Waals surface area contributed by atoms with Gasteiger partial charge in [0.05, 0.1) is 6.26 Å². The topological polar surface area (TPSA) is 49.4 Å². The van der Waals surface area contributed by atoms with E-state index in [9.17, 15) is 8.42 Å². The Hall–Kier alpha value is -0.130. The zero-order valence-corrected chi connectivity index (χ0v) is 9.26. The molecule has 5 heteroatoms. The molecule has 2 unspecified atom stereocenters. The van der Waals surface area contributed by atoms with E-state index < -0.39 is 10.0 Å². The molecule has 0 amide bonds. The van der Waals surface area contributed by atoms with Crippen molar-refractivity contribution >= 4 is 10.0 Å². The standard InChI is InChI=1S/C8H18N2O2S/c1-7-6-9-5-4-8(7)10(2)13(3,11)12/h7-9H,4-6H2,1-3H3. The quantitative estimate of drug-likeness (QED) is 0.685. The minimum Gasteiger partial charge on any atom is -0.316 e. The molecule has 0 bridgehead atoms. The number of piperidine rings is 1. The smallest absolute Gasteiger partial charge is 0.211 e. The van der Waals surface area contributed by atoms with Gasteiger partial charge in [-0.25, -0.2) is 12.7 Å². The van der Waals surface area contributed by atoms with E-state index in [0.717, 1.165) is 19.5 Å². The second-order valence-electron chi connectivity index (χ2n) is 3.82. The fourth-order valence-electron chi connectivity index (χ4n) is 1.79. The largest absolute Gasteiger partial charge is 0.316 e. The van der Waals surface area contributed by atoms with E-state index in [1.54, 1.807) is 7.05 Å². The van der Waals surface area contributed by atoms with Crippen LogP contribution >= 0.6 is 0 Å². The van der Waals surface area contributed by atoms with Crippen LogP contribution in [0, 0.1) is 5.92 Å². The second kappa shape index (κ2) is 3.94. The van der Waals surface area contributed by atoms with Gasteiger partial charge < -0.3 is 5.32 Å². The monoisotopic (exact) mass is 206 g/mol. The van der Waals surface area contributed by atoms with E-state index in [1.165, 1.54) is 10.6 Å². The summed E-state index contributed by atoms with van der Waals surface area (Å²) >= 11 is 0. The Labute approximate surface area is 80.4 Å². The van der Waals surface area contributed by atoms with E-state index in [0.29, 0.717) is 5.92 Å². The van der Waals surface area contributed by atoms with E-state index in [4.69, 9.17) is 0 Å². The Bertz CT molecular complexity index is 263. The number of hydrogen-bond acceptors (Lipinski definition) is 3. The molecule has 13 heavy (non-hydrogen) atoms. The lowest BCUT2D eigenvalue weighted by Gasteiger charge is -2.35. The first kappa shape index (κ1) is 10.9. The third-order valence-corrected chi connectivity index (χ3v) is 4.05. The summed E-state index contributed by atoms with van der Waals surface area (Å²) in [4.78, 5) is 0. The lowest BCUT2D eigenvalue weighted by molar-refractivity contribution is 0.227. The Morgan fingerprint density at radius 1 is 1.46 bits per heavy atom. The van der Waals surface area contributed by atoms with Crippen molar-refractivity contribution in [1.29, 1.82) is 0 Å². The second-order valence-corrected chi connectivity index (χ2v) is 5.86. The Morgan fingerprint density at radius 3 is 2.54 bits per heavy atom. The maximum Gasteiger partial charge on any atom is 0.211 e. The highest BCUT2D eigenvalue weighted by atomic mass is 32.2.